The average molecular weight is 246 g/mol. The smallest absolute Gasteiger partial charge is 0.207 e. The molecule has 0 unspecified atom stereocenters. The fourth-order valence-corrected chi connectivity index (χ4v) is 0.882. The summed E-state index contributed by atoms with van der Waals surface area (Å²) in [6, 6.07) is 0. The van der Waals surface area contributed by atoms with Gasteiger partial charge in [-0.3, -0.25) is 4.79 Å². The Bertz CT molecular complexity index is 221. The van der Waals surface area contributed by atoms with Crippen molar-refractivity contribution in [1.29, 1.82) is 0 Å². The third-order valence-corrected chi connectivity index (χ3v) is 1.62. The van der Waals surface area contributed by atoms with Gasteiger partial charge in [-0.1, -0.05) is 5.11 Å². The Morgan fingerprint density at radius 3 is 2.24 bits per heavy atom. The molecular formula is C9H18N4O4. The zero-order valence-corrected chi connectivity index (χ0v) is 9.71. The van der Waals surface area contributed by atoms with Crippen LogP contribution in [0, 0.1) is 0 Å². The lowest BCUT2D eigenvalue weighted by Crippen LogP contribution is -2.19. The van der Waals surface area contributed by atoms with E-state index in [2.05, 4.69) is 15.3 Å². The van der Waals surface area contributed by atoms with E-state index >= 15 is 0 Å². The third kappa shape index (κ3) is 14.7. The number of rotatable bonds is 13. The maximum atomic E-state index is 9.87. The van der Waals surface area contributed by atoms with Gasteiger partial charge in [-0.15, -0.1) is 0 Å². The van der Waals surface area contributed by atoms with Gasteiger partial charge in [0.2, 0.25) is 6.41 Å². The molecule has 0 aromatic carbocycles. The molecule has 0 saturated carbocycles. The van der Waals surface area contributed by atoms with Crippen LogP contribution in [0.5, 0.6) is 0 Å². The molecule has 8 nitrogen and oxygen atoms in total. The van der Waals surface area contributed by atoms with Crippen molar-refractivity contribution in [3.8, 4) is 0 Å². The zero-order valence-electron chi connectivity index (χ0n) is 9.71. The average Bonchev–Trinajstić information content (AvgIpc) is 2.35. The summed E-state index contributed by atoms with van der Waals surface area (Å²) in [5.41, 5.74) is 7.98. The van der Waals surface area contributed by atoms with Crippen molar-refractivity contribution in [1.82, 2.24) is 5.32 Å². The van der Waals surface area contributed by atoms with Crippen molar-refractivity contribution in [3.05, 3.63) is 10.4 Å². The van der Waals surface area contributed by atoms with Crippen LogP contribution in [0.3, 0.4) is 0 Å². The highest BCUT2D eigenvalue weighted by molar-refractivity contribution is 5.45. The summed E-state index contributed by atoms with van der Waals surface area (Å²) in [5, 5.41) is 5.80. The standard InChI is InChI=1S/C9H18N4O4/c10-13-12-2-4-16-6-8-17-7-5-15-3-1-11-9-14/h9H,1-8H2,(H,11,14). The molecule has 8 heteroatoms. The van der Waals surface area contributed by atoms with E-state index in [0.29, 0.717) is 59.1 Å². The summed E-state index contributed by atoms with van der Waals surface area (Å²) in [6.07, 6.45) is 0.632. The Balaban J connectivity index is 2.93. The van der Waals surface area contributed by atoms with E-state index in [0.717, 1.165) is 0 Å². The Labute approximate surface area is 99.8 Å². The van der Waals surface area contributed by atoms with Gasteiger partial charge in [0.1, 0.15) is 0 Å². The maximum Gasteiger partial charge on any atom is 0.207 e. The highest BCUT2D eigenvalue weighted by Gasteiger charge is 1.91. The SMILES string of the molecule is [N-]=[N+]=NCCOCCOCCOCCNC=O. The van der Waals surface area contributed by atoms with Crippen molar-refractivity contribution in [2.24, 2.45) is 5.11 Å². The maximum absolute atomic E-state index is 9.87. The van der Waals surface area contributed by atoms with Gasteiger partial charge in [0, 0.05) is 18.0 Å². The van der Waals surface area contributed by atoms with Crippen LogP contribution in [-0.4, -0.2) is 59.1 Å². The first-order valence-electron chi connectivity index (χ1n) is 5.33. The zero-order chi connectivity index (χ0) is 12.6. The summed E-state index contributed by atoms with van der Waals surface area (Å²) in [5.74, 6) is 0. The van der Waals surface area contributed by atoms with Crippen molar-refractivity contribution < 1.29 is 19.0 Å². The van der Waals surface area contributed by atoms with Crippen LogP contribution in [0.2, 0.25) is 0 Å². The van der Waals surface area contributed by atoms with Gasteiger partial charge in [0.15, 0.2) is 0 Å². The molecule has 0 fully saturated rings. The number of ether oxygens (including phenoxy) is 3. The van der Waals surface area contributed by atoms with Crippen LogP contribution >= 0.6 is 0 Å². The quantitative estimate of drug-likeness (QED) is 0.163. The number of nitrogens with one attached hydrogen (secondary N) is 1. The van der Waals surface area contributed by atoms with Gasteiger partial charge >= 0.3 is 0 Å². The molecule has 0 aliphatic heterocycles. The minimum absolute atomic E-state index is 0.337. The molecule has 0 saturated heterocycles. The number of hydrogen-bond acceptors (Lipinski definition) is 5. The minimum atomic E-state index is 0.337. The molecule has 0 rings (SSSR count). The van der Waals surface area contributed by atoms with Crippen LogP contribution in [-0.2, 0) is 19.0 Å². The molecule has 0 aliphatic carbocycles. The number of carbonyl (C=O) groups excluding carboxylic acids is 1. The highest BCUT2D eigenvalue weighted by atomic mass is 16.5. The van der Waals surface area contributed by atoms with E-state index in [-0.39, 0.29) is 0 Å². The lowest BCUT2D eigenvalue weighted by molar-refractivity contribution is -0.109. The van der Waals surface area contributed by atoms with Gasteiger partial charge in [0.25, 0.3) is 0 Å². The van der Waals surface area contributed by atoms with Crippen LogP contribution in [0.4, 0.5) is 0 Å². The van der Waals surface area contributed by atoms with E-state index in [9.17, 15) is 4.79 Å². The molecular weight excluding hydrogens is 228 g/mol. The number of amides is 1. The van der Waals surface area contributed by atoms with E-state index in [1.807, 2.05) is 0 Å². The number of azide groups is 1. The number of nitrogens with zero attached hydrogens (tertiary/aromatic N) is 3. The summed E-state index contributed by atoms with van der Waals surface area (Å²) in [6.45, 7) is 3.64. The molecule has 17 heavy (non-hydrogen) atoms. The molecule has 0 aliphatic rings. The number of hydrogen-bond donors (Lipinski definition) is 1. The van der Waals surface area contributed by atoms with E-state index in [1.54, 1.807) is 0 Å². The second-order valence-corrected chi connectivity index (χ2v) is 2.86. The lowest BCUT2D eigenvalue weighted by atomic mass is 10.6. The van der Waals surface area contributed by atoms with Crippen molar-refractivity contribution in [3.63, 3.8) is 0 Å². The molecule has 0 aromatic heterocycles. The van der Waals surface area contributed by atoms with Gasteiger partial charge in [0.05, 0.1) is 39.6 Å². The van der Waals surface area contributed by atoms with Gasteiger partial charge in [-0.2, -0.15) is 0 Å². The summed E-state index contributed by atoms with van der Waals surface area (Å²) in [7, 11) is 0. The van der Waals surface area contributed by atoms with Crippen molar-refractivity contribution in [2.45, 2.75) is 0 Å². The van der Waals surface area contributed by atoms with E-state index in [1.165, 1.54) is 0 Å². The molecule has 0 radical (unpaired) electrons. The third-order valence-electron chi connectivity index (χ3n) is 1.62. The number of carbonyl (C=O) groups is 1. The molecule has 0 bridgehead atoms. The topological polar surface area (TPSA) is 106 Å². The molecule has 98 valence electrons. The molecule has 1 N–H and O–H groups in total. The fraction of sp³-hybridized carbons (Fsp3) is 0.889. The van der Waals surface area contributed by atoms with Crippen molar-refractivity contribution >= 4 is 6.41 Å². The normalized spacial score (nSPS) is 9.65. The lowest BCUT2D eigenvalue weighted by Gasteiger charge is -2.05. The van der Waals surface area contributed by atoms with Crippen LogP contribution in [0.15, 0.2) is 5.11 Å². The van der Waals surface area contributed by atoms with E-state index in [4.69, 9.17) is 19.7 Å². The fourth-order valence-electron chi connectivity index (χ4n) is 0.882. The second-order valence-electron chi connectivity index (χ2n) is 2.86. The van der Waals surface area contributed by atoms with Gasteiger partial charge in [-0.25, -0.2) is 0 Å². The molecule has 0 atom stereocenters. The van der Waals surface area contributed by atoms with Crippen LogP contribution in [0.1, 0.15) is 0 Å². The van der Waals surface area contributed by atoms with Gasteiger partial charge < -0.3 is 19.5 Å². The Morgan fingerprint density at radius 2 is 1.65 bits per heavy atom. The molecule has 1 amide bonds. The van der Waals surface area contributed by atoms with Crippen LogP contribution in [0.25, 0.3) is 10.4 Å². The monoisotopic (exact) mass is 246 g/mol. The predicted molar refractivity (Wildman–Crippen MR) is 60.5 cm³/mol. The highest BCUT2D eigenvalue weighted by Crippen LogP contribution is 1.81. The minimum Gasteiger partial charge on any atom is -0.379 e. The first-order chi connectivity index (χ1) is 8.41. The molecule has 0 spiro atoms. The Kier molecular flexibility index (Phi) is 13.5. The Hall–Kier alpha value is -1.34. The second kappa shape index (κ2) is 14.7. The Morgan fingerprint density at radius 1 is 1.06 bits per heavy atom. The summed E-state index contributed by atoms with van der Waals surface area (Å²) >= 11 is 0. The largest absolute Gasteiger partial charge is 0.379 e. The van der Waals surface area contributed by atoms with Crippen LogP contribution < -0.4 is 5.32 Å². The summed E-state index contributed by atoms with van der Waals surface area (Å²) < 4.78 is 15.5. The van der Waals surface area contributed by atoms with E-state index < -0.39 is 0 Å². The summed E-state index contributed by atoms with van der Waals surface area (Å²) in [4.78, 5) is 12.5. The van der Waals surface area contributed by atoms with Crippen molar-refractivity contribution in [2.75, 3.05) is 52.7 Å². The molecule has 0 heterocycles. The first-order valence-corrected chi connectivity index (χ1v) is 5.33. The first kappa shape index (κ1) is 15.7. The van der Waals surface area contributed by atoms with Gasteiger partial charge in [-0.05, 0) is 5.53 Å². The molecule has 0 aromatic rings. The predicted octanol–water partition coefficient (Wildman–Crippen LogP) is 0.0925.